The van der Waals surface area contributed by atoms with Gasteiger partial charge in [-0.2, -0.15) is 13.2 Å². The standard InChI is InChI=1S/C12H11F5N4O3S/c1-20-10(12(15,16)17)19-21(11(20)22)5-4-18-25(23,24)9-6-7(13)2-3-8(9)14/h2-3,6,18H,4-5H2,1H3. The van der Waals surface area contributed by atoms with Crippen LogP contribution >= 0.6 is 0 Å². The Labute approximate surface area is 137 Å². The Morgan fingerprint density at radius 2 is 1.88 bits per heavy atom. The fourth-order valence-corrected chi connectivity index (χ4v) is 3.04. The third kappa shape index (κ3) is 4.04. The molecule has 0 saturated heterocycles. The molecule has 1 heterocycles. The van der Waals surface area contributed by atoms with E-state index in [-0.39, 0.29) is 4.57 Å². The maximum Gasteiger partial charge on any atom is 0.451 e. The molecule has 0 radical (unpaired) electrons. The summed E-state index contributed by atoms with van der Waals surface area (Å²) in [5.41, 5.74) is -1.11. The van der Waals surface area contributed by atoms with Gasteiger partial charge < -0.3 is 0 Å². The van der Waals surface area contributed by atoms with Gasteiger partial charge in [-0.05, 0) is 18.2 Å². The predicted molar refractivity (Wildman–Crippen MR) is 74.0 cm³/mol. The van der Waals surface area contributed by atoms with Crippen LogP contribution in [-0.4, -0.2) is 29.3 Å². The second-order valence-corrected chi connectivity index (χ2v) is 6.59. The highest BCUT2D eigenvalue weighted by atomic mass is 32.2. The van der Waals surface area contributed by atoms with E-state index >= 15 is 0 Å². The zero-order valence-electron chi connectivity index (χ0n) is 12.5. The smallest absolute Gasteiger partial charge is 0.274 e. The summed E-state index contributed by atoms with van der Waals surface area (Å²) in [5, 5.41) is 3.08. The average Bonchev–Trinajstić information content (AvgIpc) is 2.78. The molecule has 138 valence electrons. The third-order valence-corrected chi connectivity index (χ3v) is 4.57. The lowest BCUT2D eigenvalue weighted by molar-refractivity contribution is -0.147. The molecule has 13 heteroatoms. The average molecular weight is 386 g/mol. The Hall–Kier alpha value is -2.28. The van der Waals surface area contributed by atoms with Gasteiger partial charge in [0.2, 0.25) is 15.8 Å². The largest absolute Gasteiger partial charge is 0.451 e. The number of halogens is 5. The first-order valence-corrected chi connectivity index (χ1v) is 8.07. The van der Waals surface area contributed by atoms with Gasteiger partial charge in [-0.1, -0.05) is 0 Å². The van der Waals surface area contributed by atoms with Crippen molar-refractivity contribution in [3.63, 3.8) is 0 Å². The van der Waals surface area contributed by atoms with Gasteiger partial charge in [0.15, 0.2) is 0 Å². The zero-order valence-corrected chi connectivity index (χ0v) is 13.3. The van der Waals surface area contributed by atoms with Crippen molar-refractivity contribution < 1.29 is 30.4 Å². The van der Waals surface area contributed by atoms with E-state index in [1.54, 1.807) is 0 Å². The van der Waals surface area contributed by atoms with Crippen LogP contribution in [-0.2, 0) is 29.8 Å². The summed E-state index contributed by atoms with van der Waals surface area (Å²) < 4.78 is 90.8. The summed E-state index contributed by atoms with van der Waals surface area (Å²) >= 11 is 0. The zero-order chi connectivity index (χ0) is 19.0. The van der Waals surface area contributed by atoms with Crippen LogP contribution in [0.25, 0.3) is 0 Å². The van der Waals surface area contributed by atoms with Gasteiger partial charge >= 0.3 is 11.9 Å². The summed E-state index contributed by atoms with van der Waals surface area (Å²) in [6.07, 6.45) is -4.86. The summed E-state index contributed by atoms with van der Waals surface area (Å²) in [4.78, 5) is 10.7. The first-order valence-electron chi connectivity index (χ1n) is 6.59. The summed E-state index contributed by atoms with van der Waals surface area (Å²) in [5.74, 6) is -3.64. The third-order valence-electron chi connectivity index (χ3n) is 3.09. The normalized spacial score (nSPS) is 12.6. The molecule has 1 aromatic heterocycles. The molecule has 7 nitrogen and oxygen atoms in total. The van der Waals surface area contributed by atoms with Crippen molar-refractivity contribution in [1.29, 1.82) is 0 Å². The second kappa shape index (κ2) is 6.55. The summed E-state index contributed by atoms with van der Waals surface area (Å²) in [6.45, 7) is -1.11. The number of aromatic nitrogens is 3. The number of sulfonamides is 1. The Balaban J connectivity index is 2.16. The van der Waals surface area contributed by atoms with E-state index in [0.29, 0.717) is 16.8 Å². The van der Waals surface area contributed by atoms with Crippen molar-refractivity contribution in [2.75, 3.05) is 6.54 Å². The molecule has 0 atom stereocenters. The van der Waals surface area contributed by atoms with Crippen molar-refractivity contribution in [2.24, 2.45) is 7.05 Å². The Morgan fingerprint density at radius 1 is 1.24 bits per heavy atom. The molecule has 0 unspecified atom stereocenters. The number of hydrogen-bond acceptors (Lipinski definition) is 4. The lowest BCUT2D eigenvalue weighted by Gasteiger charge is -2.07. The maximum atomic E-state index is 13.5. The molecule has 0 fully saturated rings. The van der Waals surface area contributed by atoms with Crippen molar-refractivity contribution in [3.05, 3.63) is 46.1 Å². The van der Waals surface area contributed by atoms with Gasteiger partial charge in [0.25, 0.3) is 0 Å². The topological polar surface area (TPSA) is 86.0 Å². The number of alkyl halides is 3. The molecule has 0 saturated carbocycles. The van der Waals surface area contributed by atoms with Crippen LogP contribution in [0.3, 0.4) is 0 Å². The number of benzene rings is 1. The summed E-state index contributed by atoms with van der Waals surface area (Å²) in [6, 6.07) is 1.79. The fourth-order valence-electron chi connectivity index (χ4n) is 1.93. The highest BCUT2D eigenvalue weighted by Crippen LogP contribution is 2.25. The predicted octanol–water partition coefficient (Wildman–Crippen LogP) is 0.857. The molecular formula is C12H11F5N4O3S. The van der Waals surface area contributed by atoms with E-state index in [2.05, 4.69) is 5.10 Å². The van der Waals surface area contributed by atoms with Crippen LogP contribution in [0.15, 0.2) is 27.9 Å². The highest BCUT2D eigenvalue weighted by Gasteiger charge is 2.38. The Bertz CT molecular complexity index is 949. The van der Waals surface area contributed by atoms with Crippen LogP contribution in [0, 0.1) is 11.6 Å². The first-order chi connectivity index (χ1) is 11.4. The Kier molecular flexibility index (Phi) is 4.99. The molecule has 0 amide bonds. The van der Waals surface area contributed by atoms with Gasteiger partial charge in [-0.15, -0.1) is 5.10 Å². The SMILES string of the molecule is Cn1c(C(F)(F)F)nn(CCNS(=O)(=O)c2cc(F)ccc2F)c1=O. The molecule has 0 aliphatic carbocycles. The molecule has 1 N–H and O–H groups in total. The van der Waals surface area contributed by atoms with E-state index in [4.69, 9.17) is 0 Å². The quantitative estimate of drug-likeness (QED) is 0.773. The van der Waals surface area contributed by atoms with E-state index < -0.39 is 57.3 Å². The van der Waals surface area contributed by atoms with Crippen LogP contribution in [0.5, 0.6) is 0 Å². The molecule has 0 aliphatic heterocycles. The van der Waals surface area contributed by atoms with Gasteiger partial charge in [0.05, 0.1) is 6.54 Å². The van der Waals surface area contributed by atoms with E-state index in [1.807, 2.05) is 4.72 Å². The number of nitrogens with zero attached hydrogens (tertiary/aromatic N) is 3. The number of nitrogens with one attached hydrogen (secondary N) is 1. The van der Waals surface area contributed by atoms with Crippen molar-refractivity contribution >= 4 is 10.0 Å². The number of rotatable bonds is 5. The fraction of sp³-hybridized carbons (Fsp3) is 0.333. The lowest BCUT2D eigenvalue weighted by Crippen LogP contribution is -2.32. The molecule has 1 aromatic carbocycles. The molecule has 0 spiro atoms. The van der Waals surface area contributed by atoms with E-state index in [9.17, 15) is 35.2 Å². The second-order valence-electron chi connectivity index (χ2n) is 4.86. The minimum absolute atomic E-state index is 0.265. The van der Waals surface area contributed by atoms with Crippen molar-refractivity contribution in [3.8, 4) is 0 Å². The van der Waals surface area contributed by atoms with Crippen LogP contribution in [0.4, 0.5) is 22.0 Å². The molecular weight excluding hydrogens is 375 g/mol. The summed E-state index contributed by atoms with van der Waals surface area (Å²) in [7, 11) is -3.60. The highest BCUT2D eigenvalue weighted by molar-refractivity contribution is 7.89. The van der Waals surface area contributed by atoms with E-state index in [0.717, 1.165) is 13.1 Å². The van der Waals surface area contributed by atoms with Gasteiger partial charge in [0, 0.05) is 13.6 Å². The Morgan fingerprint density at radius 3 is 2.44 bits per heavy atom. The first kappa shape index (κ1) is 19.1. The minimum Gasteiger partial charge on any atom is -0.274 e. The van der Waals surface area contributed by atoms with Crippen molar-refractivity contribution in [1.82, 2.24) is 19.1 Å². The minimum atomic E-state index is -4.86. The molecule has 25 heavy (non-hydrogen) atoms. The van der Waals surface area contributed by atoms with E-state index in [1.165, 1.54) is 0 Å². The van der Waals surface area contributed by atoms with Crippen LogP contribution in [0.1, 0.15) is 5.82 Å². The van der Waals surface area contributed by atoms with Crippen LogP contribution < -0.4 is 10.4 Å². The van der Waals surface area contributed by atoms with Crippen molar-refractivity contribution in [2.45, 2.75) is 17.6 Å². The number of hydrogen-bond donors (Lipinski definition) is 1. The monoisotopic (exact) mass is 386 g/mol. The van der Waals surface area contributed by atoms with Crippen LogP contribution in [0.2, 0.25) is 0 Å². The molecule has 0 aliphatic rings. The molecule has 2 aromatic rings. The molecule has 2 rings (SSSR count). The van der Waals surface area contributed by atoms with Gasteiger partial charge in [-0.25, -0.2) is 31.4 Å². The molecule has 0 bridgehead atoms. The van der Waals surface area contributed by atoms with Gasteiger partial charge in [-0.3, -0.25) is 4.57 Å². The maximum absolute atomic E-state index is 13.5. The lowest BCUT2D eigenvalue weighted by atomic mass is 10.3. The van der Waals surface area contributed by atoms with Gasteiger partial charge in [0.1, 0.15) is 16.5 Å².